The van der Waals surface area contributed by atoms with Gasteiger partial charge in [-0.3, -0.25) is 9.59 Å². The summed E-state index contributed by atoms with van der Waals surface area (Å²) >= 11 is 0. The van der Waals surface area contributed by atoms with Crippen LogP contribution in [0.25, 0.3) is 0 Å². The molecular formula is C27H27FN2O3. The highest BCUT2D eigenvalue weighted by atomic mass is 19.1. The fourth-order valence-electron chi connectivity index (χ4n) is 4.24. The number of fused-ring (bicyclic) bond motifs is 1. The number of ether oxygens (including phenoxy) is 1. The average Bonchev–Trinajstić information content (AvgIpc) is 2.82. The molecule has 0 spiro atoms. The fraction of sp³-hybridized carbons (Fsp3) is 0.259. The van der Waals surface area contributed by atoms with Crippen molar-refractivity contribution in [3.8, 4) is 5.75 Å². The lowest BCUT2D eigenvalue weighted by Gasteiger charge is -2.37. The number of carbonyl (C=O) groups excluding carboxylic acids is 2. The van der Waals surface area contributed by atoms with Crippen LogP contribution in [0.2, 0.25) is 0 Å². The first-order chi connectivity index (χ1) is 16.0. The van der Waals surface area contributed by atoms with E-state index in [1.807, 2.05) is 55.5 Å². The first-order valence-corrected chi connectivity index (χ1v) is 11.1. The van der Waals surface area contributed by atoms with Gasteiger partial charge in [0.15, 0.2) is 6.10 Å². The van der Waals surface area contributed by atoms with Gasteiger partial charge in [0.1, 0.15) is 11.6 Å². The Bertz CT molecular complexity index is 1130. The third kappa shape index (κ3) is 5.06. The average molecular weight is 447 g/mol. The van der Waals surface area contributed by atoms with Gasteiger partial charge < -0.3 is 15.0 Å². The molecule has 0 radical (unpaired) electrons. The summed E-state index contributed by atoms with van der Waals surface area (Å²) in [5.74, 6) is -0.0328. The van der Waals surface area contributed by atoms with Crippen molar-refractivity contribution in [3.05, 3.63) is 95.3 Å². The Morgan fingerprint density at radius 2 is 1.82 bits per heavy atom. The van der Waals surface area contributed by atoms with Gasteiger partial charge in [0.25, 0.3) is 5.91 Å². The highest BCUT2D eigenvalue weighted by Crippen LogP contribution is 2.37. The second kappa shape index (κ2) is 9.86. The maximum atomic E-state index is 13.5. The van der Waals surface area contributed by atoms with E-state index in [1.165, 1.54) is 12.1 Å². The van der Waals surface area contributed by atoms with Gasteiger partial charge in [0.2, 0.25) is 5.91 Å². The third-order valence-corrected chi connectivity index (χ3v) is 5.92. The van der Waals surface area contributed by atoms with E-state index in [-0.39, 0.29) is 23.7 Å². The number of hydrogen-bond acceptors (Lipinski definition) is 3. The summed E-state index contributed by atoms with van der Waals surface area (Å²) in [6, 6.07) is 20.9. The second-order valence-corrected chi connectivity index (χ2v) is 8.15. The molecule has 3 aromatic carbocycles. The first-order valence-electron chi connectivity index (χ1n) is 11.1. The molecule has 1 heterocycles. The van der Waals surface area contributed by atoms with E-state index in [9.17, 15) is 14.0 Å². The molecule has 0 aromatic heterocycles. The van der Waals surface area contributed by atoms with Crippen LogP contribution in [0.3, 0.4) is 0 Å². The normalized spacial score (nSPS) is 16.0. The minimum Gasteiger partial charge on any atom is -0.481 e. The third-order valence-electron chi connectivity index (χ3n) is 5.92. The Morgan fingerprint density at radius 1 is 1.09 bits per heavy atom. The van der Waals surface area contributed by atoms with Gasteiger partial charge in [-0.05, 0) is 65.9 Å². The van der Waals surface area contributed by atoms with Gasteiger partial charge in [0.05, 0.1) is 6.04 Å². The molecular weight excluding hydrogens is 419 g/mol. The standard InChI is InChI=1S/C27H27FN2O3/c1-3-25(27(32)29-22-7-5-4-6-8-22)33-23-14-11-19-15-16-30(18(2)31)26(24(19)17-23)20-9-12-21(28)13-10-20/h4-14,17,25-26H,3,15-16H2,1-2H3,(H,29,32). The van der Waals surface area contributed by atoms with Crippen LogP contribution in [0.4, 0.5) is 10.1 Å². The van der Waals surface area contributed by atoms with E-state index in [1.54, 1.807) is 24.0 Å². The molecule has 0 aliphatic carbocycles. The molecule has 2 unspecified atom stereocenters. The zero-order chi connectivity index (χ0) is 23.4. The van der Waals surface area contributed by atoms with E-state index in [2.05, 4.69) is 5.32 Å². The minimum absolute atomic E-state index is 0.0463. The Kier molecular flexibility index (Phi) is 6.73. The van der Waals surface area contributed by atoms with Crippen molar-refractivity contribution in [2.24, 2.45) is 0 Å². The lowest BCUT2D eigenvalue weighted by Crippen LogP contribution is -2.39. The number of benzene rings is 3. The van der Waals surface area contributed by atoms with Crippen LogP contribution in [0, 0.1) is 5.82 Å². The topological polar surface area (TPSA) is 58.6 Å². The molecule has 33 heavy (non-hydrogen) atoms. The summed E-state index contributed by atoms with van der Waals surface area (Å²) in [6.45, 7) is 4.02. The summed E-state index contributed by atoms with van der Waals surface area (Å²) in [7, 11) is 0. The van der Waals surface area contributed by atoms with Crippen LogP contribution >= 0.6 is 0 Å². The number of amides is 2. The molecule has 2 atom stereocenters. The lowest BCUT2D eigenvalue weighted by molar-refractivity contribution is -0.130. The zero-order valence-electron chi connectivity index (χ0n) is 18.8. The Morgan fingerprint density at radius 3 is 2.48 bits per heavy atom. The summed E-state index contributed by atoms with van der Waals surface area (Å²) < 4.78 is 19.6. The predicted octanol–water partition coefficient (Wildman–Crippen LogP) is 5.12. The Hall–Kier alpha value is -3.67. The maximum absolute atomic E-state index is 13.5. The zero-order valence-corrected chi connectivity index (χ0v) is 18.8. The number of hydrogen-bond donors (Lipinski definition) is 1. The molecule has 2 amide bonds. The molecule has 1 aliphatic heterocycles. The number of halogens is 1. The molecule has 1 N–H and O–H groups in total. The fourth-order valence-corrected chi connectivity index (χ4v) is 4.24. The molecule has 170 valence electrons. The maximum Gasteiger partial charge on any atom is 0.265 e. The van der Waals surface area contributed by atoms with Crippen LogP contribution in [-0.2, 0) is 16.0 Å². The predicted molar refractivity (Wildman–Crippen MR) is 126 cm³/mol. The van der Waals surface area contributed by atoms with Gasteiger partial charge in [0, 0.05) is 19.2 Å². The number of carbonyl (C=O) groups is 2. The van der Waals surface area contributed by atoms with Crippen LogP contribution in [0.15, 0.2) is 72.8 Å². The Balaban J connectivity index is 1.62. The van der Waals surface area contributed by atoms with E-state index in [0.29, 0.717) is 24.4 Å². The van der Waals surface area contributed by atoms with Crippen LogP contribution in [0.5, 0.6) is 5.75 Å². The molecule has 5 nitrogen and oxygen atoms in total. The lowest BCUT2D eigenvalue weighted by atomic mass is 9.88. The molecule has 6 heteroatoms. The van der Waals surface area contributed by atoms with Crippen LogP contribution < -0.4 is 10.1 Å². The van der Waals surface area contributed by atoms with E-state index >= 15 is 0 Å². The van der Waals surface area contributed by atoms with Crippen molar-refractivity contribution in [1.29, 1.82) is 0 Å². The van der Waals surface area contributed by atoms with Crippen molar-refractivity contribution in [2.45, 2.75) is 38.8 Å². The summed E-state index contributed by atoms with van der Waals surface area (Å²) in [5, 5.41) is 2.89. The number of anilines is 1. The summed E-state index contributed by atoms with van der Waals surface area (Å²) in [4.78, 5) is 27.0. The number of para-hydroxylation sites is 1. The molecule has 0 fully saturated rings. The van der Waals surface area contributed by atoms with Crippen molar-refractivity contribution < 1.29 is 18.7 Å². The largest absolute Gasteiger partial charge is 0.481 e. The number of rotatable bonds is 6. The second-order valence-electron chi connectivity index (χ2n) is 8.15. The van der Waals surface area contributed by atoms with Gasteiger partial charge >= 0.3 is 0 Å². The van der Waals surface area contributed by atoms with Crippen molar-refractivity contribution in [1.82, 2.24) is 4.90 Å². The highest BCUT2D eigenvalue weighted by Gasteiger charge is 2.31. The highest BCUT2D eigenvalue weighted by molar-refractivity contribution is 5.94. The molecule has 4 rings (SSSR count). The SMILES string of the molecule is CCC(Oc1ccc2c(c1)C(c1ccc(F)cc1)N(C(C)=O)CC2)C(=O)Nc1ccccc1. The van der Waals surface area contributed by atoms with E-state index in [4.69, 9.17) is 4.74 Å². The quantitative estimate of drug-likeness (QED) is 0.572. The number of nitrogens with one attached hydrogen (secondary N) is 1. The molecule has 0 saturated carbocycles. The molecule has 0 bridgehead atoms. The first kappa shape index (κ1) is 22.5. The monoisotopic (exact) mass is 446 g/mol. The molecule has 1 aliphatic rings. The molecule has 0 saturated heterocycles. The minimum atomic E-state index is -0.667. The summed E-state index contributed by atoms with van der Waals surface area (Å²) in [6.07, 6.45) is 0.551. The van der Waals surface area contributed by atoms with Gasteiger partial charge in [-0.15, -0.1) is 0 Å². The van der Waals surface area contributed by atoms with Crippen molar-refractivity contribution >= 4 is 17.5 Å². The van der Waals surface area contributed by atoms with Crippen molar-refractivity contribution in [2.75, 3.05) is 11.9 Å². The van der Waals surface area contributed by atoms with Gasteiger partial charge in [-0.1, -0.05) is 43.3 Å². The van der Waals surface area contributed by atoms with E-state index in [0.717, 1.165) is 23.1 Å². The van der Waals surface area contributed by atoms with Gasteiger partial charge in [-0.2, -0.15) is 0 Å². The van der Waals surface area contributed by atoms with Crippen molar-refractivity contribution in [3.63, 3.8) is 0 Å². The van der Waals surface area contributed by atoms with Crippen LogP contribution in [0.1, 0.15) is 43.0 Å². The van der Waals surface area contributed by atoms with E-state index < -0.39 is 6.10 Å². The van der Waals surface area contributed by atoms with Gasteiger partial charge in [-0.25, -0.2) is 4.39 Å². The smallest absolute Gasteiger partial charge is 0.265 e. The Labute approximate surface area is 193 Å². The summed E-state index contributed by atoms with van der Waals surface area (Å²) in [5.41, 5.74) is 3.58. The molecule has 3 aromatic rings. The number of nitrogens with zero attached hydrogens (tertiary/aromatic N) is 1. The van der Waals surface area contributed by atoms with Crippen LogP contribution in [-0.4, -0.2) is 29.4 Å².